The molecule has 0 unspecified atom stereocenters. The maximum absolute atomic E-state index is 12.5. The molecule has 0 radical (unpaired) electrons. The van der Waals surface area contributed by atoms with Gasteiger partial charge in [0.15, 0.2) is 5.69 Å². The second kappa shape index (κ2) is 5.16. The van der Waals surface area contributed by atoms with E-state index >= 15 is 0 Å². The van der Waals surface area contributed by atoms with E-state index in [1.165, 1.54) is 16.8 Å². The second-order valence-electron chi connectivity index (χ2n) is 4.61. The third kappa shape index (κ3) is 2.59. The zero-order chi connectivity index (χ0) is 15.9. The molecule has 5 nitrogen and oxygen atoms in total. The lowest BCUT2D eigenvalue weighted by Gasteiger charge is -2.06. The van der Waals surface area contributed by atoms with Gasteiger partial charge in [-0.3, -0.25) is 14.0 Å². The Morgan fingerprint density at radius 2 is 2.00 bits per heavy atom. The van der Waals surface area contributed by atoms with Gasteiger partial charge in [0, 0.05) is 12.7 Å². The molecule has 0 atom stereocenters. The molecule has 2 heterocycles. The predicted molar refractivity (Wildman–Crippen MR) is 75.0 cm³/mol. The van der Waals surface area contributed by atoms with Crippen molar-refractivity contribution in [1.29, 1.82) is 0 Å². The number of rotatable bonds is 3. The standard InChI is InChI=1S/C13H10F3N3O2S/c14-13(15,16)10-4-5-18(17-10)6-7-19-11-8(20)2-1-3-9(11)22-12(19)21/h1-5,20H,6-7H2. The van der Waals surface area contributed by atoms with Crippen LogP contribution in [0.2, 0.25) is 0 Å². The van der Waals surface area contributed by atoms with Crippen LogP contribution in [-0.2, 0) is 19.3 Å². The monoisotopic (exact) mass is 329 g/mol. The number of alkyl halides is 3. The number of hydrogen-bond acceptors (Lipinski definition) is 4. The summed E-state index contributed by atoms with van der Waals surface area (Å²) in [6, 6.07) is 5.67. The van der Waals surface area contributed by atoms with Crippen LogP contribution in [0.15, 0.2) is 35.3 Å². The topological polar surface area (TPSA) is 60.0 Å². The van der Waals surface area contributed by atoms with Crippen LogP contribution in [0, 0.1) is 0 Å². The van der Waals surface area contributed by atoms with E-state index in [2.05, 4.69) is 5.10 Å². The molecular formula is C13H10F3N3O2S. The minimum atomic E-state index is -4.49. The number of hydrogen-bond donors (Lipinski definition) is 1. The first-order chi connectivity index (χ1) is 10.4. The number of fused-ring (bicyclic) bond motifs is 1. The number of phenolic OH excluding ortho intramolecular Hbond substituents is 1. The van der Waals surface area contributed by atoms with Crippen molar-refractivity contribution >= 4 is 21.6 Å². The zero-order valence-corrected chi connectivity index (χ0v) is 11.9. The lowest BCUT2D eigenvalue weighted by molar-refractivity contribution is -0.141. The van der Waals surface area contributed by atoms with Crippen molar-refractivity contribution in [2.75, 3.05) is 0 Å². The smallest absolute Gasteiger partial charge is 0.435 e. The van der Waals surface area contributed by atoms with Gasteiger partial charge in [0.25, 0.3) is 0 Å². The molecule has 0 saturated heterocycles. The van der Waals surface area contributed by atoms with Gasteiger partial charge < -0.3 is 5.11 Å². The molecule has 0 saturated carbocycles. The normalized spacial score (nSPS) is 12.1. The number of phenols is 1. The third-order valence-corrected chi connectivity index (χ3v) is 4.09. The van der Waals surface area contributed by atoms with E-state index in [9.17, 15) is 23.1 Å². The summed E-state index contributed by atoms with van der Waals surface area (Å²) in [5.74, 6) is -0.0349. The molecule has 9 heteroatoms. The van der Waals surface area contributed by atoms with Crippen LogP contribution in [0.5, 0.6) is 5.75 Å². The fourth-order valence-electron chi connectivity index (χ4n) is 2.15. The Morgan fingerprint density at radius 3 is 2.68 bits per heavy atom. The predicted octanol–water partition coefficient (Wildman–Crippen LogP) is 2.68. The molecular weight excluding hydrogens is 319 g/mol. The highest BCUT2D eigenvalue weighted by atomic mass is 32.1. The Labute approximate surface area is 125 Å². The van der Waals surface area contributed by atoms with Crippen molar-refractivity contribution < 1.29 is 18.3 Å². The first-order valence-corrected chi connectivity index (χ1v) is 7.10. The summed E-state index contributed by atoms with van der Waals surface area (Å²) in [7, 11) is 0. The Morgan fingerprint density at radius 1 is 1.23 bits per heavy atom. The van der Waals surface area contributed by atoms with Crippen molar-refractivity contribution in [2.45, 2.75) is 19.3 Å². The first-order valence-electron chi connectivity index (χ1n) is 6.28. The molecule has 0 amide bonds. The van der Waals surface area contributed by atoms with Crippen molar-refractivity contribution in [3.63, 3.8) is 0 Å². The maximum atomic E-state index is 12.5. The molecule has 116 valence electrons. The van der Waals surface area contributed by atoms with Crippen LogP contribution in [0.1, 0.15) is 5.69 Å². The van der Waals surface area contributed by atoms with Gasteiger partial charge in [-0.1, -0.05) is 17.4 Å². The number of aryl methyl sites for hydroxylation is 2. The summed E-state index contributed by atoms with van der Waals surface area (Å²) in [5, 5.41) is 13.3. The SMILES string of the molecule is O=c1sc2cccc(O)c2n1CCn1ccc(C(F)(F)F)n1. The van der Waals surface area contributed by atoms with Gasteiger partial charge in [-0.05, 0) is 18.2 Å². The lowest BCUT2D eigenvalue weighted by Crippen LogP contribution is -2.17. The van der Waals surface area contributed by atoms with E-state index in [1.54, 1.807) is 12.1 Å². The van der Waals surface area contributed by atoms with Gasteiger partial charge in [-0.15, -0.1) is 0 Å². The molecule has 0 aliphatic carbocycles. The highest BCUT2D eigenvalue weighted by Crippen LogP contribution is 2.28. The molecule has 0 spiro atoms. The van der Waals surface area contributed by atoms with Gasteiger partial charge in [-0.2, -0.15) is 18.3 Å². The number of para-hydroxylation sites is 1. The fraction of sp³-hybridized carbons (Fsp3) is 0.231. The van der Waals surface area contributed by atoms with Crippen LogP contribution in [0.3, 0.4) is 0 Å². The Kier molecular flexibility index (Phi) is 3.44. The minimum Gasteiger partial charge on any atom is -0.506 e. The molecule has 2 aromatic heterocycles. The maximum Gasteiger partial charge on any atom is 0.435 e. The van der Waals surface area contributed by atoms with Gasteiger partial charge in [0.1, 0.15) is 11.3 Å². The van der Waals surface area contributed by atoms with Gasteiger partial charge in [0.2, 0.25) is 0 Å². The van der Waals surface area contributed by atoms with E-state index in [0.29, 0.717) is 10.2 Å². The number of aromatic nitrogens is 3. The summed E-state index contributed by atoms with van der Waals surface area (Å²) in [6.45, 7) is 0.214. The van der Waals surface area contributed by atoms with Crippen LogP contribution in [-0.4, -0.2) is 19.5 Å². The molecule has 3 aromatic rings. The van der Waals surface area contributed by atoms with Crippen LogP contribution >= 0.6 is 11.3 Å². The largest absolute Gasteiger partial charge is 0.506 e. The van der Waals surface area contributed by atoms with E-state index in [0.717, 1.165) is 22.1 Å². The summed E-state index contributed by atoms with van der Waals surface area (Å²) in [6.07, 6.45) is -3.28. The summed E-state index contributed by atoms with van der Waals surface area (Å²) in [4.78, 5) is 11.7. The van der Waals surface area contributed by atoms with Gasteiger partial charge in [0.05, 0.1) is 11.2 Å². The zero-order valence-electron chi connectivity index (χ0n) is 11.0. The van der Waals surface area contributed by atoms with E-state index in [4.69, 9.17) is 0 Å². The minimum absolute atomic E-state index is 0.0349. The summed E-state index contributed by atoms with van der Waals surface area (Å²) >= 11 is 0.975. The van der Waals surface area contributed by atoms with E-state index in [-0.39, 0.29) is 23.7 Å². The molecule has 1 aromatic carbocycles. The van der Waals surface area contributed by atoms with Crippen LogP contribution in [0.4, 0.5) is 13.2 Å². The average Bonchev–Trinajstić information content (AvgIpc) is 3.01. The fourth-order valence-corrected chi connectivity index (χ4v) is 3.09. The quantitative estimate of drug-likeness (QED) is 0.804. The number of halogens is 3. The molecule has 3 rings (SSSR count). The molecule has 1 N–H and O–H groups in total. The highest BCUT2D eigenvalue weighted by Gasteiger charge is 2.33. The Balaban J connectivity index is 1.87. The van der Waals surface area contributed by atoms with Crippen molar-refractivity contribution in [3.8, 4) is 5.75 Å². The van der Waals surface area contributed by atoms with Crippen molar-refractivity contribution in [3.05, 3.63) is 45.8 Å². The van der Waals surface area contributed by atoms with Crippen LogP contribution in [0.25, 0.3) is 10.2 Å². The molecule has 0 bridgehead atoms. The first kappa shape index (κ1) is 14.6. The number of nitrogens with zero attached hydrogens (tertiary/aromatic N) is 3. The summed E-state index contributed by atoms with van der Waals surface area (Å²) < 4.78 is 40.5. The van der Waals surface area contributed by atoms with E-state index < -0.39 is 11.9 Å². The average molecular weight is 329 g/mol. The Hall–Kier alpha value is -2.29. The lowest BCUT2D eigenvalue weighted by atomic mass is 10.3. The highest BCUT2D eigenvalue weighted by molar-refractivity contribution is 7.16. The van der Waals surface area contributed by atoms with Crippen molar-refractivity contribution in [1.82, 2.24) is 14.3 Å². The summed E-state index contributed by atoms with van der Waals surface area (Å²) in [5.41, 5.74) is -0.585. The molecule has 22 heavy (non-hydrogen) atoms. The number of benzene rings is 1. The molecule has 0 fully saturated rings. The number of aromatic hydroxyl groups is 1. The van der Waals surface area contributed by atoms with Gasteiger partial charge >= 0.3 is 11.0 Å². The molecule has 0 aliphatic rings. The van der Waals surface area contributed by atoms with E-state index in [1.807, 2.05) is 0 Å². The van der Waals surface area contributed by atoms with Crippen molar-refractivity contribution in [2.24, 2.45) is 0 Å². The third-order valence-electron chi connectivity index (χ3n) is 3.15. The number of thiazole rings is 1. The molecule has 0 aliphatic heterocycles. The van der Waals surface area contributed by atoms with Crippen LogP contribution < -0.4 is 4.87 Å². The Bertz CT molecular complexity index is 879. The van der Waals surface area contributed by atoms with Gasteiger partial charge in [-0.25, -0.2) is 0 Å². The second-order valence-corrected chi connectivity index (χ2v) is 5.60.